The highest BCUT2D eigenvalue weighted by Crippen LogP contribution is 2.22. The van der Waals surface area contributed by atoms with Crippen LogP contribution in [0.25, 0.3) is 0 Å². The van der Waals surface area contributed by atoms with Crippen molar-refractivity contribution in [3.8, 4) is 0 Å². The smallest absolute Gasteiger partial charge is 0.317 e. The van der Waals surface area contributed by atoms with E-state index in [4.69, 9.17) is 5.11 Å². The summed E-state index contributed by atoms with van der Waals surface area (Å²) in [5, 5.41) is 11.6. The Morgan fingerprint density at radius 3 is 2.61 bits per heavy atom. The lowest BCUT2D eigenvalue weighted by Gasteiger charge is -2.26. The van der Waals surface area contributed by atoms with E-state index in [2.05, 4.69) is 12.2 Å². The van der Waals surface area contributed by atoms with Crippen LogP contribution in [0.15, 0.2) is 0 Å². The second-order valence-corrected chi connectivity index (χ2v) is 5.24. The first-order chi connectivity index (χ1) is 8.50. The van der Waals surface area contributed by atoms with Crippen molar-refractivity contribution in [3.05, 3.63) is 0 Å². The minimum Gasteiger partial charge on any atom is -0.481 e. The van der Waals surface area contributed by atoms with Crippen molar-refractivity contribution in [2.24, 2.45) is 5.92 Å². The number of nitrogens with zero attached hydrogens (tertiary/aromatic N) is 1. The first-order valence-electron chi connectivity index (χ1n) is 6.74. The first kappa shape index (κ1) is 14.8. The molecule has 5 heteroatoms. The molecule has 0 aromatic rings. The molecule has 0 aromatic heterocycles. The van der Waals surface area contributed by atoms with Crippen molar-refractivity contribution in [3.63, 3.8) is 0 Å². The molecule has 2 atom stereocenters. The molecule has 5 nitrogen and oxygen atoms in total. The lowest BCUT2D eigenvalue weighted by molar-refractivity contribution is -0.137. The van der Waals surface area contributed by atoms with Crippen LogP contribution in [0.5, 0.6) is 0 Å². The van der Waals surface area contributed by atoms with Crippen LogP contribution in [0.2, 0.25) is 0 Å². The Morgan fingerprint density at radius 2 is 1.94 bits per heavy atom. The molecule has 1 rings (SSSR count). The summed E-state index contributed by atoms with van der Waals surface area (Å²) in [7, 11) is 1.64. The third-order valence-corrected chi connectivity index (χ3v) is 3.68. The van der Waals surface area contributed by atoms with Gasteiger partial charge in [0.25, 0.3) is 0 Å². The van der Waals surface area contributed by atoms with Crippen LogP contribution in [0.4, 0.5) is 4.79 Å². The van der Waals surface area contributed by atoms with Gasteiger partial charge >= 0.3 is 12.0 Å². The van der Waals surface area contributed by atoms with Gasteiger partial charge in [-0.25, -0.2) is 4.79 Å². The molecule has 1 aliphatic carbocycles. The highest BCUT2D eigenvalue weighted by molar-refractivity contribution is 5.75. The number of amides is 2. The lowest BCUT2D eigenvalue weighted by atomic mass is 9.97. The zero-order chi connectivity index (χ0) is 13.5. The number of carboxylic acid groups (broad SMARTS) is 1. The fraction of sp³-hybridized carbons (Fsp3) is 0.846. The van der Waals surface area contributed by atoms with E-state index in [-0.39, 0.29) is 25.0 Å². The highest BCUT2D eigenvalue weighted by Gasteiger charge is 2.22. The van der Waals surface area contributed by atoms with E-state index in [1.807, 2.05) is 0 Å². The third-order valence-electron chi connectivity index (χ3n) is 3.68. The maximum absolute atomic E-state index is 11.9. The summed E-state index contributed by atoms with van der Waals surface area (Å²) in [6.07, 6.45) is 5.82. The topological polar surface area (TPSA) is 69.6 Å². The Balaban J connectivity index is 2.39. The minimum absolute atomic E-state index is 0.00978. The first-order valence-corrected chi connectivity index (χ1v) is 6.74. The van der Waals surface area contributed by atoms with Crippen molar-refractivity contribution in [1.29, 1.82) is 0 Å². The van der Waals surface area contributed by atoms with E-state index < -0.39 is 5.97 Å². The van der Waals surface area contributed by atoms with Crippen molar-refractivity contribution >= 4 is 12.0 Å². The number of aliphatic carboxylic acids is 1. The van der Waals surface area contributed by atoms with Crippen molar-refractivity contribution in [2.45, 2.75) is 51.5 Å². The van der Waals surface area contributed by atoms with Gasteiger partial charge in [0.1, 0.15) is 0 Å². The Bertz CT molecular complexity index is 294. The fourth-order valence-electron chi connectivity index (χ4n) is 2.34. The standard InChI is InChI=1S/C13H24N2O3/c1-10-6-4-3-5-7-11(10)14-13(18)15(2)9-8-12(16)17/h10-11H,3-9H2,1-2H3,(H,14,18)(H,16,17). The third kappa shape index (κ3) is 4.94. The highest BCUT2D eigenvalue weighted by atomic mass is 16.4. The van der Waals surface area contributed by atoms with Gasteiger partial charge in [-0.3, -0.25) is 4.79 Å². The average molecular weight is 256 g/mol. The number of hydrogen-bond donors (Lipinski definition) is 2. The molecule has 0 heterocycles. The Morgan fingerprint density at radius 1 is 1.28 bits per heavy atom. The van der Waals surface area contributed by atoms with Gasteiger partial charge in [-0.15, -0.1) is 0 Å². The lowest BCUT2D eigenvalue weighted by Crippen LogP contribution is -2.45. The predicted octanol–water partition coefficient (Wildman–Crippen LogP) is 2.07. The van der Waals surface area contributed by atoms with Gasteiger partial charge in [-0.05, 0) is 18.8 Å². The SMILES string of the molecule is CC1CCCCCC1NC(=O)N(C)CCC(=O)O. The van der Waals surface area contributed by atoms with Crippen LogP contribution < -0.4 is 5.32 Å². The fourth-order valence-corrected chi connectivity index (χ4v) is 2.34. The van der Waals surface area contributed by atoms with Gasteiger partial charge in [0, 0.05) is 19.6 Å². The summed E-state index contributed by atoms with van der Waals surface area (Å²) < 4.78 is 0. The van der Waals surface area contributed by atoms with Crippen molar-refractivity contribution in [2.75, 3.05) is 13.6 Å². The number of nitrogens with one attached hydrogen (secondary N) is 1. The van der Waals surface area contributed by atoms with E-state index in [1.165, 1.54) is 17.7 Å². The van der Waals surface area contributed by atoms with Crippen LogP contribution >= 0.6 is 0 Å². The van der Waals surface area contributed by atoms with Gasteiger partial charge in [0.15, 0.2) is 0 Å². The van der Waals surface area contributed by atoms with E-state index >= 15 is 0 Å². The molecule has 0 aromatic carbocycles. The number of carboxylic acids is 1. The van der Waals surface area contributed by atoms with Crippen LogP contribution in [0, 0.1) is 5.92 Å². The molecule has 2 amide bonds. The van der Waals surface area contributed by atoms with Crippen LogP contribution in [0.1, 0.15) is 45.4 Å². The summed E-state index contributed by atoms with van der Waals surface area (Å²) in [6.45, 7) is 2.43. The van der Waals surface area contributed by atoms with Gasteiger partial charge in [-0.2, -0.15) is 0 Å². The van der Waals surface area contributed by atoms with Crippen molar-refractivity contribution in [1.82, 2.24) is 10.2 Å². The molecular weight excluding hydrogens is 232 g/mol. The molecule has 0 spiro atoms. The molecule has 0 saturated heterocycles. The second kappa shape index (κ2) is 7.24. The summed E-state index contributed by atoms with van der Waals surface area (Å²) in [4.78, 5) is 23.8. The Kier molecular flexibility index (Phi) is 5.95. The number of urea groups is 1. The Labute approximate surface area is 109 Å². The molecule has 0 radical (unpaired) electrons. The Hall–Kier alpha value is -1.26. The van der Waals surface area contributed by atoms with Crippen LogP contribution in [-0.2, 0) is 4.79 Å². The number of carbonyl (C=O) groups is 2. The number of rotatable bonds is 4. The van der Waals surface area contributed by atoms with Gasteiger partial charge in [-0.1, -0.05) is 26.2 Å². The molecule has 1 aliphatic rings. The monoisotopic (exact) mass is 256 g/mol. The van der Waals surface area contributed by atoms with Crippen LogP contribution in [-0.4, -0.2) is 41.6 Å². The van der Waals surface area contributed by atoms with E-state index in [0.29, 0.717) is 5.92 Å². The summed E-state index contributed by atoms with van der Waals surface area (Å²) in [6, 6.07) is 0.0716. The summed E-state index contributed by atoms with van der Waals surface area (Å²) in [5.74, 6) is -0.373. The molecule has 2 unspecified atom stereocenters. The van der Waals surface area contributed by atoms with Gasteiger partial charge < -0.3 is 15.3 Å². The zero-order valence-corrected chi connectivity index (χ0v) is 11.3. The molecule has 2 N–H and O–H groups in total. The maximum Gasteiger partial charge on any atom is 0.317 e. The van der Waals surface area contributed by atoms with Crippen LogP contribution in [0.3, 0.4) is 0 Å². The van der Waals surface area contributed by atoms with E-state index in [9.17, 15) is 9.59 Å². The van der Waals surface area contributed by atoms with Crippen molar-refractivity contribution < 1.29 is 14.7 Å². The number of carbonyl (C=O) groups excluding carboxylic acids is 1. The van der Waals surface area contributed by atoms with Gasteiger partial charge in [0.2, 0.25) is 0 Å². The molecule has 0 aliphatic heterocycles. The molecule has 0 bridgehead atoms. The molecule has 1 fully saturated rings. The van der Waals surface area contributed by atoms with E-state index in [0.717, 1.165) is 19.3 Å². The number of hydrogen-bond acceptors (Lipinski definition) is 2. The second-order valence-electron chi connectivity index (χ2n) is 5.24. The largest absolute Gasteiger partial charge is 0.481 e. The quantitative estimate of drug-likeness (QED) is 0.756. The molecule has 104 valence electrons. The maximum atomic E-state index is 11.9. The predicted molar refractivity (Wildman–Crippen MR) is 69.5 cm³/mol. The minimum atomic E-state index is -0.877. The zero-order valence-electron chi connectivity index (χ0n) is 11.3. The van der Waals surface area contributed by atoms with E-state index in [1.54, 1.807) is 7.05 Å². The van der Waals surface area contributed by atoms with Gasteiger partial charge in [0.05, 0.1) is 6.42 Å². The average Bonchev–Trinajstić information content (AvgIpc) is 2.51. The summed E-state index contributed by atoms with van der Waals surface area (Å²) in [5.41, 5.74) is 0. The molecule has 18 heavy (non-hydrogen) atoms. The molecule has 1 saturated carbocycles. The normalized spacial score (nSPS) is 24.1. The summed E-state index contributed by atoms with van der Waals surface area (Å²) >= 11 is 0. The molecular formula is C13H24N2O3.